The monoisotopic (exact) mass is 396 g/mol. The molecular formula is C21H24N4O4. The molecule has 8 heteroatoms. The van der Waals surface area contributed by atoms with E-state index in [0.29, 0.717) is 31.3 Å². The fourth-order valence-corrected chi connectivity index (χ4v) is 5.31. The Morgan fingerprint density at radius 3 is 2.69 bits per heavy atom. The summed E-state index contributed by atoms with van der Waals surface area (Å²) in [6, 6.07) is 5.90. The van der Waals surface area contributed by atoms with Crippen LogP contribution in [0.15, 0.2) is 18.2 Å². The maximum Gasteiger partial charge on any atom is 0.243 e. The maximum absolute atomic E-state index is 12.5. The number of Topliss-reactive ketones (excluding diaryl/α,β-unsaturated/α-hetero) is 1. The van der Waals surface area contributed by atoms with Crippen molar-refractivity contribution in [2.75, 3.05) is 13.1 Å². The van der Waals surface area contributed by atoms with Crippen LogP contribution >= 0.6 is 0 Å². The number of nitrogens with one attached hydrogen (secondary N) is 2. The van der Waals surface area contributed by atoms with Gasteiger partial charge in [0, 0.05) is 44.7 Å². The van der Waals surface area contributed by atoms with Crippen LogP contribution in [0.25, 0.3) is 0 Å². The summed E-state index contributed by atoms with van der Waals surface area (Å²) in [7, 11) is 0. The molecule has 0 radical (unpaired) electrons. The van der Waals surface area contributed by atoms with Crippen molar-refractivity contribution >= 4 is 23.9 Å². The number of hydrogen-bond acceptors (Lipinski definition) is 7. The fourth-order valence-electron chi connectivity index (χ4n) is 5.31. The number of amides is 2. The molecule has 29 heavy (non-hydrogen) atoms. The first-order valence-electron chi connectivity index (χ1n) is 10.2. The van der Waals surface area contributed by atoms with E-state index in [2.05, 4.69) is 21.6 Å². The van der Waals surface area contributed by atoms with Gasteiger partial charge in [0.15, 0.2) is 6.29 Å². The average Bonchev–Trinajstić information content (AvgIpc) is 3.10. The molecule has 3 saturated heterocycles. The predicted octanol–water partition coefficient (Wildman–Crippen LogP) is -0.337. The van der Waals surface area contributed by atoms with Crippen LogP contribution in [-0.4, -0.2) is 64.9 Å². The molecule has 1 aromatic carbocycles. The standard InChI is InChI=1S/C21H24N4O4/c26-11-18(27)20-16-5-12(9-24-14-6-15(24)8-22-7-14)1-2-13(16)10-25(20)17-3-4-19(28)23-21(17)29/h1-2,5,11,14-15,17,20,22H,3-4,6-10H2,(H,23,28,29). The minimum Gasteiger partial charge on any atom is -0.314 e. The minimum absolute atomic E-state index is 0.238. The van der Waals surface area contributed by atoms with Crippen molar-refractivity contribution < 1.29 is 19.2 Å². The van der Waals surface area contributed by atoms with Gasteiger partial charge < -0.3 is 5.32 Å². The number of ketones is 1. The number of carbonyl (C=O) groups excluding carboxylic acids is 4. The highest BCUT2D eigenvalue weighted by molar-refractivity contribution is 6.27. The minimum atomic E-state index is -0.760. The van der Waals surface area contributed by atoms with Gasteiger partial charge in [-0.25, -0.2) is 0 Å². The van der Waals surface area contributed by atoms with Gasteiger partial charge in [0.2, 0.25) is 17.6 Å². The highest BCUT2D eigenvalue weighted by Crippen LogP contribution is 2.39. The van der Waals surface area contributed by atoms with Crippen LogP contribution in [-0.2, 0) is 32.3 Å². The van der Waals surface area contributed by atoms with Crippen LogP contribution < -0.4 is 10.6 Å². The molecule has 2 amide bonds. The van der Waals surface area contributed by atoms with Crippen molar-refractivity contribution in [1.82, 2.24) is 20.4 Å². The third-order valence-electron chi connectivity index (χ3n) is 6.79. The largest absolute Gasteiger partial charge is 0.314 e. The molecule has 4 unspecified atom stereocenters. The van der Waals surface area contributed by atoms with E-state index in [4.69, 9.17) is 0 Å². The molecule has 5 rings (SSSR count). The number of rotatable bonds is 5. The SMILES string of the molecule is O=CC(=O)C1c2cc(CN3C4CNCC3C4)ccc2CN1C1CCC(=O)NC1=O. The zero-order chi connectivity index (χ0) is 20.1. The Balaban J connectivity index is 1.41. The second kappa shape index (κ2) is 7.12. The van der Waals surface area contributed by atoms with Gasteiger partial charge in [0.1, 0.15) is 6.04 Å². The van der Waals surface area contributed by atoms with E-state index in [9.17, 15) is 19.2 Å². The van der Waals surface area contributed by atoms with Gasteiger partial charge in [-0.3, -0.25) is 34.3 Å². The van der Waals surface area contributed by atoms with E-state index in [1.165, 1.54) is 6.42 Å². The highest BCUT2D eigenvalue weighted by Gasteiger charge is 2.44. The van der Waals surface area contributed by atoms with Gasteiger partial charge in [-0.1, -0.05) is 18.2 Å². The Kier molecular flexibility index (Phi) is 4.57. The highest BCUT2D eigenvalue weighted by atomic mass is 16.2. The van der Waals surface area contributed by atoms with Crippen molar-refractivity contribution in [3.05, 3.63) is 34.9 Å². The number of fused-ring (bicyclic) bond motifs is 3. The van der Waals surface area contributed by atoms with E-state index in [1.807, 2.05) is 12.1 Å². The lowest BCUT2D eigenvalue weighted by atomic mass is 9.88. The number of benzene rings is 1. The number of aldehydes is 1. The molecule has 0 aliphatic carbocycles. The quantitative estimate of drug-likeness (QED) is 0.399. The van der Waals surface area contributed by atoms with Gasteiger partial charge in [-0.2, -0.15) is 0 Å². The number of carbonyl (C=O) groups is 4. The molecule has 0 spiro atoms. The van der Waals surface area contributed by atoms with Crippen molar-refractivity contribution in [2.45, 2.75) is 56.5 Å². The van der Waals surface area contributed by atoms with Gasteiger partial charge in [-0.15, -0.1) is 0 Å². The van der Waals surface area contributed by atoms with Gasteiger partial charge in [0.25, 0.3) is 0 Å². The zero-order valence-corrected chi connectivity index (χ0v) is 16.1. The summed E-state index contributed by atoms with van der Waals surface area (Å²) in [5, 5.41) is 5.78. The molecule has 3 fully saturated rings. The van der Waals surface area contributed by atoms with E-state index in [1.54, 1.807) is 4.90 Å². The molecule has 152 valence electrons. The zero-order valence-electron chi connectivity index (χ0n) is 16.1. The Hall–Kier alpha value is -2.42. The van der Waals surface area contributed by atoms with Crippen LogP contribution in [0, 0.1) is 0 Å². The van der Waals surface area contributed by atoms with E-state index < -0.39 is 17.9 Å². The van der Waals surface area contributed by atoms with Crippen molar-refractivity contribution in [2.24, 2.45) is 0 Å². The van der Waals surface area contributed by atoms with E-state index >= 15 is 0 Å². The summed E-state index contributed by atoms with van der Waals surface area (Å²) in [6.45, 7) is 3.27. The van der Waals surface area contributed by atoms with Crippen LogP contribution in [0.1, 0.15) is 42.0 Å². The van der Waals surface area contributed by atoms with Gasteiger partial charge in [0.05, 0.1) is 6.04 Å². The fraction of sp³-hybridized carbons (Fsp3) is 0.524. The second-order valence-corrected chi connectivity index (χ2v) is 8.47. The Morgan fingerprint density at radius 2 is 2.00 bits per heavy atom. The van der Waals surface area contributed by atoms with Crippen molar-refractivity contribution in [1.29, 1.82) is 0 Å². The molecule has 0 aromatic heterocycles. The number of hydrogen-bond donors (Lipinski definition) is 2. The van der Waals surface area contributed by atoms with Crippen molar-refractivity contribution in [3.8, 4) is 0 Å². The molecule has 4 aliphatic rings. The lowest BCUT2D eigenvalue weighted by molar-refractivity contribution is -0.141. The number of nitrogens with zero attached hydrogens (tertiary/aromatic N) is 2. The molecule has 2 bridgehead atoms. The van der Waals surface area contributed by atoms with E-state index in [-0.39, 0.29) is 18.2 Å². The molecule has 4 aliphatic heterocycles. The lowest BCUT2D eigenvalue weighted by Crippen LogP contribution is -2.67. The van der Waals surface area contributed by atoms with Crippen LogP contribution in [0.4, 0.5) is 0 Å². The molecule has 1 aromatic rings. The van der Waals surface area contributed by atoms with Crippen LogP contribution in [0.2, 0.25) is 0 Å². The number of imide groups is 1. The topological polar surface area (TPSA) is 98.8 Å². The Bertz CT molecular complexity index is 887. The third-order valence-corrected chi connectivity index (χ3v) is 6.79. The summed E-state index contributed by atoms with van der Waals surface area (Å²) < 4.78 is 0. The maximum atomic E-state index is 12.5. The van der Waals surface area contributed by atoms with E-state index in [0.717, 1.165) is 36.3 Å². The molecule has 4 heterocycles. The smallest absolute Gasteiger partial charge is 0.243 e. The molecular weight excluding hydrogens is 372 g/mol. The summed E-state index contributed by atoms with van der Waals surface area (Å²) in [5.74, 6) is -1.23. The predicted molar refractivity (Wildman–Crippen MR) is 103 cm³/mol. The Labute approximate surface area is 168 Å². The lowest BCUT2D eigenvalue weighted by Gasteiger charge is -2.53. The van der Waals surface area contributed by atoms with Crippen LogP contribution in [0.5, 0.6) is 0 Å². The molecule has 4 atom stereocenters. The first-order valence-corrected chi connectivity index (χ1v) is 10.2. The molecule has 2 N–H and O–H groups in total. The Morgan fingerprint density at radius 1 is 1.21 bits per heavy atom. The third kappa shape index (κ3) is 3.11. The summed E-state index contributed by atoms with van der Waals surface area (Å²) in [5.41, 5.74) is 2.89. The first-order chi connectivity index (χ1) is 14.0. The number of piperazine rings is 1. The first kappa shape index (κ1) is 18.6. The average molecular weight is 396 g/mol. The summed E-state index contributed by atoms with van der Waals surface area (Å²) in [6.07, 6.45) is 2.17. The normalized spacial score (nSPS) is 31.7. The molecule has 8 nitrogen and oxygen atoms in total. The number of piperidine rings is 2. The summed E-state index contributed by atoms with van der Waals surface area (Å²) >= 11 is 0. The second-order valence-electron chi connectivity index (χ2n) is 8.47. The van der Waals surface area contributed by atoms with Gasteiger partial charge >= 0.3 is 0 Å². The summed E-state index contributed by atoms with van der Waals surface area (Å²) in [4.78, 5) is 52.1. The van der Waals surface area contributed by atoms with Gasteiger partial charge in [-0.05, 0) is 29.5 Å². The molecule has 0 saturated carbocycles. The van der Waals surface area contributed by atoms with Crippen LogP contribution in [0.3, 0.4) is 0 Å². The van der Waals surface area contributed by atoms with Crippen molar-refractivity contribution in [3.63, 3.8) is 0 Å².